The van der Waals surface area contributed by atoms with Gasteiger partial charge in [-0.2, -0.15) is 0 Å². The zero-order valence-electron chi connectivity index (χ0n) is 15.4. The molecule has 1 aromatic carbocycles. The molecule has 2 aromatic rings. The molecule has 1 aromatic heterocycles. The highest BCUT2D eigenvalue weighted by molar-refractivity contribution is 5.91. The van der Waals surface area contributed by atoms with Crippen molar-refractivity contribution in [2.75, 3.05) is 20.3 Å². The number of amides is 1. The number of nitrogens with zero attached hydrogens (tertiary/aromatic N) is 1. The Morgan fingerprint density at radius 1 is 1.15 bits per heavy atom. The molecule has 2 rings (SSSR count). The average molecular weight is 359 g/mol. The van der Waals surface area contributed by atoms with Crippen LogP contribution in [0.1, 0.15) is 36.4 Å². The van der Waals surface area contributed by atoms with E-state index in [1.165, 1.54) is 4.90 Å². The van der Waals surface area contributed by atoms with Gasteiger partial charge in [0.25, 0.3) is 5.91 Å². The largest absolute Gasteiger partial charge is 0.494 e. The van der Waals surface area contributed by atoms with Crippen molar-refractivity contribution in [2.45, 2.75) is 26.8 Å². The summed E-state index contributed by atoms with van der Waals surface area (Å²) in [5, 5.41) is 0. The van der Waals surface area contributed by atoms with Crippen LogP contribution in [0.4, 0.5) is 0 Å². The number of hydrogen-bond acceptors (Lipinski definition) is 5. The first kappa shape index (κ1) is 19.6. The fourth-order valence-corrected chi connectivity index (χ4v) is 2.15. The molecule has 0 unspecified atom stereocenters. The van der Waals surface area contributed by atoms with Crippen LogP contribution in [0.25, 0.3) is 0 Å². The Morgan fingerprint density at radius 3 is 2.50 bits per heavy atom. The van der Waals surface area contributed by atoms with Gasteiger partial charge in [-0.15, -0.1) is 0 Å². The molecule has 1 amide bonds. The predicted molar refractivity (Wildman–Crippen MR) is 96.9 cm³/mol. The predicted octanol–water partition coefficient (Wildman–Crippen LogP) is 3.52. The van der Waals surface area contributed by atoms with Gasteiger partial charge in [0.2, 0.25) is 0 Å². The lowest BCUT2D eigenvalue weighted by atomic mass is 10.1. The Hall–Kier alpha value is -2.76. The first-order chi connectivity index (χ1) is 12.5. The van der Waals surface area contributed by atoms with Gasteiger partial charge in [0.1, 0.15) is 11.5 Å². The molecule has 0 fully saturated rings. The highest BCUT2D eigenvalue weighted by Gasteiger charge is 2.14. The highest BCUT2D eigenvalue weighted by atomic mass is 16.5. The van der Waals surface area contributed by atoms with Crippen LogP contribution >= 0.6 is 0 Å². The van der Waals surface area contributed by atoms with Gasteiger partial charge in [0, 0.05) is 7.05 Å². The molecule has 0 bridgehead atoms. The van der Waals surface area contributed by atoms with Crippen molar-refractivity contribution >= 4 is 11.9 Å². The van der Waals surface area contributed by atoms with Crippen molar-refractivity contribution in [3.63, 3.8) is 0 Å². The third-order valence-corrected chi connectivity index (χ3v) is 3.78. The minimum Gasteiger partial charge on any atom is -0.494 e. The number of carbonyl (C=O) groups excluding carboxylic acids is 2. The monoisotopic (exact) mass is 359 g/mol. The van der Waals surface area contributed by atoms with E-state index < -0.39 is 5.97 Å². The van der Waals surface area contributed by atoms with Crippen molar-refractivity contribution < 1.29 is 23.5 Å². The van der Waals surface area contributed by atoms with E-state index in [1.54, 1.807) is 49.7 Å². The SMILES string of the molecule is CC(C)CCOc1ccc(C(=O)OCC(=O)N(C)Cc2ccco2)cc1. The van der Waals surface area contributed by atoms with E-state index in [0.717, 1.165) is 6.42 Å². The van der Waals surface area contributed by atoms with E-state index in [0.29, 0.717) is 36.1 Å². The number of carbonyl (C=O) groups is 2. The number of benzene rings is 1. The summed E-state index contributed by atoms with van der Waals surface area (Å²) in [7, 11) is 1.63. The molecule has 140 valence electrons. The van der Waals surface area contributed by atoms with Crippen molar-refractivity contribution in [1.29, 1.82) is 0 Å². The highest BCUT2D eigenvalue weighted by Crippen LogP contribution is 2.14. The summed E-state index contributed by atoms with van der Waals surface area (Å²) in [6.07, 6.45) is 2.52. The Labute approximate surface area is 153 Å². The molecule has 6 nitrogen and oxygen atoms in total. The molecule has 6 heteroatoms. The quantitative estimate of drug-likeness (QED) is 0.641. The van der Waals surface area contributed by atoms with Crippen molar-refractivity contribution in [3.05, 3.63) is 54.0 Å². The Balaban J connectivity index is 1.77. The van der Waals surface area contributed by atoms with Gasteiger partial charge in [-0.05, 0) is 48.7 Å². The summed E-state index contributed by atoms with van der Waals surface area (Å²) in [6, 6.07) is 10.2. The molecule has 0 saturated heterocycles. The Kier molecular flexibility index (Phi) is 7.26. The maximum Gasteiger partial charge on any atom is 0.338 e. The van der Waals surface area contributed by atoms with Crippen molar-refractivity contribution in [3.8, 4) is 5.75 Å². The summed E-state index contributed by atoms with van der Waals surface area (Å²) >= 11 is 0. The van der Waals surface area contributed by atoms with E-state index in [4.69, 9.17) is 13.9 Å². The van der Waals surface area contributed by atoms with E-state index in [1.807, 2.05) is 0 Å². The molecule has 0 aliphatic heterocycles. The zero-order valence-corrected chi connectivity index (χ0v) is 15.4. The van der Waals surface area contributed by atoms with E-state index >= 15 is 0 Å². The van der Waals surface area contributed by atoms with Crippen molar-refractivity contribution in [1.82, 2.24) is 4.90 Å². The summed E-state index contributed by atoms with van der Waals surface area (Å²) < 4.78 is 15.9. The third kappa shape index (κ3) is 6.27. The number of furan rings is 1. The maximum absolute atomic E-state index is 12.1. The first-order valence-corrected chi connectivity index (χ1v) is 8.62. The van der Waals surface area contributed by atoms with Crippen LogP contribution in [0.2, 0.25) is 0 Å². The number of hydrogen-bond donors (Lipinski definition) is 0. The number of ether oxygens (including phenoxy) is 2. The van der Waals surface area contributed by atoms with Crippen LogP contribution in [0, 0.1) is 5.92 Å². The first-order valence-electron chi connectivity index (χ1n) is 8.62. The normalized spacial score (nSPS) is 10.6. The van der Waals surface area contributed by atoms with E-state index in [2.05, 4.69) is 13.8 Å². The van der Waals surface area contributed by atoms with E-state index in [9.17, 15) is 9.59 Å². The summed E-state index contributed by atoms with van der Waals surface area (Å²) in [4.78, 5) is 25.5. The lowest BCUT2D eigenvalue weighted by Crippen LogP contribution is -2.30. The van der Waals surface area contributed by atoms with Crippen LogP contribution < -0.4 is 4.74 Å². The maximum atomic E-state index is 12.1. The van der Waals surface area contributed by atoms with Gasteiger partial charge in [0.15, 0.2) is 6.61 Å². The molecule has 0 atom stereocenters. The lowest BCUT2D eigenvalue weighted by molar-refractivity contribution is -0.133. The smallest absolute Gasteiger partial charge is 0.338 e. The minimum absolute atomic E-state index is 0.302. The molecule has 0 saturated carbocycles. The van der Waals surface area contributed by atoms with Crippen LogP contribution in [0.3, 0.4) is 0 Å². The molecular formula is C20H25NO5. The standard InChI is InChI=1S/C20H25NO5/c1-15(2)10-12-25-17-8-6-16(7-9-17)20(23)26-14-19(22)21(3)13-18-5-4-11-24-18/h4-9,11,15H,10,12-14H2,1-3H3. The molecule has 0 radical (unpaired) electrons. The van der Waals surface area contributed by atoms with Gasteiger partial charge >= 0.3 is 5.97 Å². The second-order valence-corrected chi connectivity index (χ2v) is 6.46. The Morgan fingerprint density at radius 2 is 1.88 bits per heavy atom. The van der Waals surface area contributed by atoms with Crippen LogP contribution in [0.15, 0.2) is 47.1 Å². The summed E-state index contributed by atoms with van der Waals surface area (Å²) in [6.45, 7) is 4.91. The lowest BCUT2D eigenvalue weighted by Gasteiger charge is -2.15. The third-order valence-electron chi connectivity index (χ3n) is 3.78. The molecule has 26 heavy (non-hydrogen) atoms. The average Bonchev–Trinajstić information content (AvgIpc) is 3.12. The molecule has 1 heterocycles. The zero-order chi connectivity index (χ0) is 18.9. The van der Waals surface area contributed by atoms with Crippen molar-refractivity contribution in [2.24, 2.45) is 5.92 Å². The molecule has 0 spiro atoms. The van der Waals surface area contributed by atoms with Crippen LogP contribution in [0.5, 0.6) is 5.75 Å². The van der Waals surface area contributed by atoms with Gasteiger partial charge in [-0.1, -0.05) is 13.8 Å². The second-order valence-electron chi connectivity index (χ2n) is 6.46. The second kappa shape index (κ2) is 9.65. The van der Waals surface area contributed by atoms with E-state index in [-0.39, 0.29) is 12.5 Å². The molecule has 0 aliphatic carbocycles. The van der Waals surface area contributed by atoms with Gasteiger partial charge in [0.05, 0.1) is 25.0 Å². The number of likely N-dealkylation sites (N-methyl/N-ethyl adjacent to an activating group) is 1. The topological polar surface area (TPSA) is 69.0 Å². The molecule has 0 aliphatic rings. The minimum atomic E-state index is -0.543. The fraction of sp³-hybridized carbons (Fsp3) is 0.400. The van der Waals surface area contributed by atoms with Gasteiger partial charge < -0.3 is 18.8 Å². The van der Waals surface area contributed by atoms with Crippen LogP contribution in [-0.4, -0.2) is 37.0 Å². The summed E-state index contributed by atoms with van der Waals surface area (Å²) in [5.74, 6) is 1.10. The van der Waals surface area contributed by atoms with Gasteiger partial charge in [-0.3, -0.25) is 4.79 Å². The van der Waals surface area contributed by atoms with Gasteiger partial charge in [-0.25, -0.2) is 4.79 Å². The Bertz CT molecular complexity index is 692. The summed E-state index contributed by atoms with van der Waals surface area (Å²) in [5.41, 5.74) is 0.377. The number of esters is 1. The van der Waals surface area contributed by atoms with Crippen LogP contribution in [-0.2, 0) is 16.1 Å². The molecule has 0 N–H and O–H groups in total. The fourth-order valence-electron chi connectivity index (χ4n) is 2.15. The number of rotatable bonds is 9. The molecular weight excluding hydrogens is 334 g/mol.